The first-order valence-electron chi connectivity index (χ1n) is 4.88. The van der Waals surface area contributed by atoms with E-state index in [1.165, 1.54) is 0 Å². The van der Waals surface area contributed by atoms with Crippen molar-refractivity contribution in [1.82, 2.24) is 9.88 Å². The number of nitrogens with zero attached hydrogens (tertiary/aromatic N) is 2. The molecule has 15 heavy (non-hydrogen) atoms. The molecule has 0 atom stereocenters. The van der Waals surface area contributed by atoms with E-state index < -0.39 is 0 Å². The number of hydrogen-bond donors (Lipinski definition) is 0. The van der Waals surface area contributed by atoms with Crippen LogP contribution in [0.1, 0.15) is 24.3 Å². The van der Waals surface area contributed by atoms with Gasteiger partial charge in [-0.05, 0) is 34.0 Å². The van der Waals surface area contributed by atoms with Gasteiger partial charge < -0.3 is 4.90 Å². The van der Waals surface area contributed by atoms with Gasteiger partial charge >= 0.3 is 0 Å². The van der Waals surface area contributed by atoms with E-state index in [1.807, 2.05) is 6.07 Å². The highest BCUT2D eigenvalue weighted by Gasteiger charge is 2.13. The second kappa shape index (κ2) is 5.26. The number of rotatable bonds is 3. The standard InChI is InChI=1S/C11H15BrN2O/c1-8(2)7-14(3)11(15)9-5-4-6-10(12)13-9/h4-6,8H,7H2,1-3H3. The molecular formula is C11H15BrN2O. The number of amides is 1. The summed E-state index contributed by atoms with van der Waals surface area (Å²) in [7, 11) is 1.80. The zero-order valence-electron chi connectivity index (χ0n) is 9.20. The van der Waals surface area contributed by atoms with Gasteiger partial charge in [-0.2, -0.15) is 0 Å². The molecule has 0 bridgehead atoms. The normalized spacial score (nSPS) is 10.5. The predicted molar refractivity (Wildman–Crippen MR) is 63.7 cm³/mol. The molecule has 0 saturated carbocycles. The van der Waals surface area contributed by atoms with Crippen LogP contribution in [0.15, 0.2) is 22.8 Å². The molecule has 82 valence electrons. The van der Waals surface area contributed by atoms with Crippen LogP contribution in [0.4, 0.5) is 0 Å². The van der Waals surface area contributed by atoms with Gasteiger partial charge in [0.05, 0.1) is 0 Å². The largest absolute Gasteiger partial charge is 0.340 e. The highest BCUT2D eigenvalue weighted by Crippen LogP contribution is 2.08. The molecule has 0 spiro atoms. The molecule has 0 radical (unpaired) electrons. The number of carbonyl (C=O) groups is 1. The lowest BCUT2D eigenvalue weighted by molar-refractivity contribution is 0.0773. The molecule has 0 aromatic carbocycles. The van der Waals surface area contributed by atoms with E-state index in [4.69, 9.17) is 0 Å². The lowest BCUT2D eigenvalue weighted by atomic mass is 10.2. The average Bonchev–Trinajstić information content (AvgIpc) is 2.15. The van der Waals surface area contributed by atoms with E-state index in [0.717, 1.165) is 6.54 Å². The molecule has 0 saturated heterocycles. The van der Waals surface area contributed by atoms with Gasteiger partial charge in [-0.25, -0.2) is 4.98 Å². The Morgan fingerprint density at radius 3 is 2.73 bits per heavy atom. The van der Waals surface area contributed by atoms with Crippen molar-refractivity contribution in [2.75, 3.05) is 13.6 Å². The van der Waals surface area contributed by atoms with E-state index in [0.29, 0.717) is 16.2 Å². The Balaban J connectivity index is 2.76. The van der Waals surface area contributed by atoms with Gasteiger partial charge in [0.25, 0.3) is 5.91 Å². The highest BCUT2D eigenvalue weighted by atomic mass is 79.9. The van der Waals surface area contributed by atoms with Crippen LogP contribution >= 0.6 is 15.9 Å². The van der Waals surface area contributed by atoms with Crippen molar-refractivity contribution in [3.8, 4) is 0 Å². The highest BCUT2D eigenvalue weighted by molar-refractivity contribution is 9.10. The fraction of sp³-hybridized carbons (Fsp3) is 0.455. The number of aromatic nitrogens is 1. The van der Waals surface area contributed by atoms with Crippen LogP contribution in [0.5, 0.6) is 0 Å². The molecule has 3 nitrogen and oxygen atoms in total. The van der Waals surface area contributed by atoms with Crippen molar-refractivity contribution in [2.45, 2.75) is 13.8 Å². The lowest BCUT2D eigenvalue weighted by Crippen LogP contribution is -2.30. The molecule has 1 amide bonds. The quantitative estimate of drug-likeness (QED) is 0.791. The van der Waals surface area contributed by atoms with Crippen LogP contribution in [0.2, 0.25) is 0 Å². The summed E-state index contributed by atoms with van der Waals surface area (Å²) in [6, 6.07) is 5.34. The van der Waals surface area contributed by atoms with Crippen molar-refractivity contribution in [3.63, 3.8) is 0 Å². The Kier molecular flexibility index (Phi) is 4.27. The molecule has 0 aliphatic carbocycles. The molecule has 1 heterocycles. The SMILES string of the molecule is CC(C)CN(C)C(=O)c1cccc(Br)n1. The fourth-order valence-corrected chi connectivity index (χ4v) is 1.70. The Labute approximate surface area is 98.6 Å². The maximum absolute atomic E-state index is 11.9. The van der Waals surface area contributed by atoms with Crippen LogP contribution in [0.25, 0.3) is 0 Å². The second-order valence-corrected chi connectivity index (χ2v) is 4.74. The third kappa shape index (κ3) is 3.63. The molecule has 0 fully saturated rings. The Morgan fingerprint density at radius 2 is 2.20 bits per heavy atom. The summed E-state index contributed by atoms with van der Waals surface area (Å²) in [4.78, 5) is 17.7. The summed E-state index contributed by atoms with van der Waals surface area (Å²) >= 11 is 3.25. The molecule has 0 unspecified atom stereocenters. The Hall–Kier alpha value is -0.900. The van der Waals surface area contributed by atoms with Crippen LogP contribution in [0, 0.1) is 5.92 Å². The average molecular weight is 271 g/mol. The molecule has 1 aromatic rings. The molecule has 4 heteroatoms. The first kappa shape index (κ1) is 12.2. The van der Waals surface area contributed by atoms with Gasteiger partial charge in [-0.15, -0.1) is 0 Å². The van der Waals surface area contributed by atoms with Crippen molar-refractivity contribution >= 4 is 21.8 Å². The molecule has 1 rings (SSSR count). The third-order valence-electron chi connectivity index (χ3n) is 1.92. The van der Waals surface area contributed by atoms with E-state index in [9.17, 15) is 4.79 Å². The van der Waals surface area contributed by atoms with Gasteiger partial charge in [0, 0.05) is 13.6 Å². The Bertz CT molecular complexity index is 352. The first-order valence-corrected chi connectivity index (χ1v) is 5.68. The molecule has 1 aromatic heterocycles. The number of halogens is 1. The van der Waals surface area contributed by atoms with Crippen molar-refractivity contribution < 1.29 is 4.79 Å². The Morgan fingerprint density at radius 1 is 1.53 bits per heavy atom. The smallest absolute Gasteiger partial charge is 0.272 e. The lowest BCUT2D eigenvalue weighted by Gasteiger charge is -2.18. The fourth-order valence-electron chi connectivity index (χ4n) is 1.35. The number of pyridine rings is 1. The van der Waals surface area contributed by atoms with E-state index >= 15 is 0 Å². The summed E-state index contributed by atoms with van der Waals surface area (Å²) in [6.07, 6.45) is 0. The van der Waals surface area contributed by atoms with E-state index in [-0.39, 0.29) is 5.91 Å². The predicted octanol–water partition coefficient (Wildman–Crippen LogP) is 2.57. The second-order valence-electron chi connectivity index (χ2n) is 3.93. The maximum Gasteiger partial charge on any atom is 0.272 e. The molecule has 0 aliphatic rings. The molecule has 0 aliphatic heterocycles. The third-order valence-corrected chi connectivity index (χ3v) is 2.36. The van der Waals surface area contributed by atoms with Crippen LogP contribution in [0.3, 0.4) is 0 Å². The zero-order valence-corrected chi connectivity index (χ0v) is 10.8. The summed E-state index contributed by atoms with van der Waals surface area (Å²) in [6.45, 7) is 4.91. The van der Waals surface area contributed by atoms with Gasteiger partial charge in [0.15, 0.2) is 0 Å². The van der Waals surface area contributed by atoms with Crippen LogP contribution in [-0.4, -0.2) is 29.4 Å². The van der Waals surface area contributed by atoms with Gasteiger partial charge in [0.1, 0.15) is 10.3 Å². The minimum Gasteiger partial charge on any atom is -0.340 e. The first-order chi connectivity index (χ1) is 7.00. The van der Waals surface area contributed by atoms with Gasteiger partial charge in [-0.1, -0.05) is 19.9 Å². The number of carbonyl (C=O) groups excluding carboxylic acids is 1. The minimum atomic E-state index is -0.0370. The topological polar surface area (TPSA) is 33.2 Å². The van der Waals surface area contributed by atoms with Crippen molar-refractivity contribution in [3.05, 3.63) is 28.5 Å². The zero-order chi connectivity index (χ0) is 11.4. The maximum atomic E-state index is 11.9. The summed E-state index contributed by atoms with van der Waals surface area (Å²) < 4.78 is 0.686. The molecular weight excluding hydrogens is 256 g/mol. The minimum absolute atomic E-state index is 0.0370. The van der Waals surface area contributed by atoms with Crippen LogP contribution in [-0.2, 0) is 0 Å². The van der Waals surface area contributed by atoms with E-state index in [2.05, 4.69) is 34.8 Å². The van der Waals surface area contributed by atoms with Crippen molar-refractivity contribution in [1.29, 1.82) is 0 Å². The van der Waals surface area contributed by atoms with Gasteiger partial charge in [0.2, 0.25) is 0 Å². The summed E-state index contributed by atoms with van der Waals surface area (Å²) in [5, 5.41) is 0. The summed E-state index contributed by atoms with van der Waals surface area (Å²) in [5.74, 6) is 0.427. The van der Waals surface area contributed by atoms with Crippen LogP contribution < -0.4 is 0 Å². The van der Waals surface area contributed by atoms with Gasteiger partial charge in [-0.3, -0.25) is 4.79 Å². The van der Waals surface area contributed by atoms with E-state index in [1.54, 1.807) is 24.1 Å². The van der Waals surface area contributed by atoms with Crippen molar-refractivity contribution in [2.24, 2.45) is 5.92 Å². The molecule has 0 N–H and O–H groups in total. The number of hydrogen-bond acceptors (Lipinski definition) is 2. The monoisotopic (exact) mass is 270 g/mol. The summed E-state index contributed by atoms with van der Waals surface area (Å²) in [5.41, 5.74) is 0.479.